The van der Waals surface area contributed by atoms with E-state index in [1.165, 1.54) is 5.70 Å². The number of pyridine rings is 1. The first-order valence-corrected chi connectivity index (χ1v) is 9.18. The summed E-state index contributed by atoms with van der Waals surface area (Å²) in [6, 6.07) is 4.00. The Labute approximate surface area is 154 Å². The van der Waals surface area contributed by atoms with Crippen LogP contribution in [0, 0.1) is 0 Å². The van der Waals surface area contributed by atoms with Crippen LogP contribution in [-0.2, 0) is 13.0 Å². The van der Waals surface area contributed by atoms with Gasteiger partial charge in [-0.3, -0.25) is 15.4 Å². The summed E-state index contributed by atoms with van der Waals surface area (Å²) in [5.74, 6) is 2.12. The minimum absolute atomic E-state index is 0.0799. The third-order valence-corrected chi connectivity index (χ3v) is 4.67. The number of aryl methyl sites for hydroxylation is 2. The van der Waals surface area contributed by atoms with Gasteiger partial charge in [0.1, 0.15) is 11.7 Å². The van der Waals surface area contributed by atoms with Gasteiger partial charge in [0.15, 0.2) is 6.17 Å². The van der Waals surface area contributed by atoms with Gasteiger partial charge in [-0.05, 0) is 37.6 Å². The fourth-order valence-corrected chi connectivity index (χ4v) is 3.34. The summed E-state index contributed by atoms with van der Waals surface area (Å²) in [4.78, 5) is 13.8. The lowest BCUT2D eigenvalue weighted by molar-refractivity contribution is 0.283. The van der Waals surface area contributed by atoms with Gasteiger partial charge in [0.25, 0.3) is 0 Å². The standard InChI is InChI=1S/C20H24N6/c1-3-12-25-14-17(16-7-5-11-21-13-16)22-19(25)10-9-18-23-20-8-4-6-15(2)26(20)24-18/h4-8,11,13-14,20H,3,9-10,12H2,1-2H3,(H,23,24). The molecule has 0 radical (unpaired) electrons. The fourth-order valence-electron chi connectivity index (χ4n) is 3.34. The van der Waals surface area contributed by atoms with Gasteiger partial charge in [-0.15, -0.1) is 0 Å². The molecular formula is C20H24N6. The van der Waals surface area contributed by atoms with E-state index in [0.29, 0.717) is 0 Å². The predicted molar refractivity (Wildman–Crippen MR) is 103 cm³/mol. The van der Waals surface area contributed by atoms with Crippen LogP contribution in [0.4, 0.5) is 0 Å². The van der Waals surface area contributed by atoms with Crippen LogP contribution in [0.15, 0.2) is 59.6 Å². The maximum atomic E-state index is 4.87. The molecule has 4 rings (SSSR count). The summed E-state index contributed by atoms with van der Waals surface area (Å²) < 4.78 is 2.26. The average Bonchev–Trinajstić information content (AvgIpc) is 3.26. The zero-order chi connectivity index (χ0) is 17.9. The number of imidazole rings is 1. The minimum atomic E-state index is 0.0799. The summed E-state index contributed by atoms with van der Waals surface area (Å²) in [5.41, 5.74) is 6.65. The van der Waals surface area contributed by atoms with E-state index in [1.54, 1.807) is 6.20 Å². The lowest BCUT2D eigenvalue weighted by Gasteiger charge is -2.26. The van der Waals surface area contributed by atoms with E-state index in [-0.39, 0.29) is 6.17 Å². The van der Waals surface area contributed by atoms with Gasteiger partial charge in [0.05, 0.1) is 5.69 Å². The number of aromatic nitrogens is 3. The zero-order valence-corrected chi connectivity index (χ0v) is 15.3. The Morgan fingerprint density at radius 3 is 2.96 bits per heavy atom. The molecule has 0 aliphatic carbocycles. The van der Waals surface area contributed by atoms with E-state index in [0.717, 1.165) is 48.7 Å². The Morgan fingerprint density at radius 2 is 2.19 bits per heavy atom. The molecule has 0 fully saturated rings. The van der Waals surface area contributed by atoms with Gasteiger partial charge in [0, 0.05) is 49.2 Å². The highest BCUT2D eigenvalue weighted by molar-refractivity contribution is 5.84. The number of hydrogen-bond donors (Lipinski definition) is 1. The van der Waals surface area contributed by atoms with Gasteiger partial charge < -0.3 is 4.57 Å². The molecule has 2 aliphatic heterocycles. The van der Waals surface area contributed by atoms with Crippen LogP contribution in [0.1, 0.15) is 32.5 Å². The van der Waals surface area contributed by atoms with Crippen LogP contribution in [0.25, 0.3) is 11.3 Å². The second kappa shape index (κ2) is 7.15. The Kier molecular flexibility index (Phi) is 4.56. The smallest absolute Gasteiger partial charge is 0.160 e. The second-order valence-corrected chi connectivity index (χ2v) is 6.64. The Balaban J connectivity index is 1.49. The van der Waals surface area contributed by atoms with Crippen molar-refractivity contribution in [1.82, 2.24) is 25.0 Å². The molecule has 0 bridgehead atoms. The molecule has 6 nitrogen and oxygen atoms in total. The van der Waals surface area contributed by atoms with Crippen molar-refractivity contribution < 1.29 is 0 Å². The lowest BCUT2D eigenvalue weighted by atomic mass is 10.2. The molecule has 2 aliphatic rings. The molecular weight excluding hydrogens is 324 g/mol. The van der Waals surface area contributed by atoms with Gasteiger partial charge in [-0.2, -0.15) is 0 Å². The fraction of sp³-hybridized carbons (Fsp3) is 0.350. The highest BCUT2D eigenvalue weighted by atomic mass is 15.6. The van der Waals surface area contributed by atoms with Crippen LogP contribution in [0.3, 0.4) is 0 Å². The first kappa shape index (κ1) is 16.6. The van der Waals surface area contributed by atoms with Gasteiger partial charge >= 0.3 is 0 Å². The molecule has 134 valence electrons. The normalized spacial score (nSPS) is 18.4. The summed E-state index contributed by atoms with van der Waals surface area (Å²) in [6.07, 6.45) is 14.9. The van der Waals surface area contributed by atoms with Crippen molar-refractivity contribution in [3.63, 3.8) is 0 Å². The topological polar surface area (TPSA) is 58.3 Å². The predicted octanol–water partition coefficient (Wildman–Crippen LogP) is 3.31. The number of rotatable bonds is 6. The van der Waals surface area contributed by atoms with Crippen molar-refractivity contribution in [2.45, 2.75) is 45.8 Å². The van der Waals surface area contributed by atoms with Crippen LogP contribution in [-0.4, -0.2) is 31.5 Å². The molecule has 2 aromatic rings. The molecule has 1 atom stereocenters. The van der Waals surface area contributed by atoms with E-state index in [9.17, 15) is 0 Å². The highest BCUT2D eigenvalue weighted by Gasteiger charge is 2.25. The Bertz CT molecular complexity index is 862. The summed E-state index contributed by atoms with van der Waals surface area (Å²) in [5, 5.41) is 2.11. The van der Waals surface area contributed by atoms with Gasteiger partial charge in [-0.25, -0.2) is 9.98 Å². The monoisotopic (exact) mass is 348 g/mol. The maximum Gasteiger partial charge on any atom is 0.160 e. The van der Waals surface area contributed by atoms with Gasteiger partial charge in [-0.1, -0.05) is 13.0 Å². The number of allylic oxidation sites excluding steroid dienone is 3. The average molecular weight is 348 g/mol. The van der Waals surface area contributed by atoms with E-state index in [4.69, 9.17) is 9.98 Å². The van der Waals surface area contributed by atoms with Gasteiger partial charge in [0.2, 0.25) is 0 Å². The quantitative estimate of drug-likeness (QED) is 0.870. The molecule has 0 saturated carbocycles. The second-order valence-electron chi connectivity index (χ2n) is 6.64. The molecule has 0 aromatic carbocycles. The number of amidine groups is 1. The SMILES string of the molecule is CCCn1cc(-c2cccnc2)nc1CCC1=NC2C=CC=C(C)N2N1. The summed E-state index contributed by atoms with van der Waals surface area (Å²) >= 11 is 0. The first-order valence-electron chi connectivity index (χ1n) is 9.18. The molecule has 0 spiro atoms. The Morgan fingerprint density at radius 1 is 1.27 bits per heavy atom. The Hall–Kier alpha value is -2.89. The third kappa shape index (κ3) is 3.27. The first-order chi connectivity index (χ1) is 12.7. The number of nitrogens with zero attached hydrogens (tertiary/aromatic N) is 5. The number of aliphatic imine (C=N–C) groups is 1. The number of hydrazine groups is 1. The number of fused-ring (bicyclic) bond motifs is 1. The van der Waals surface area contributed by atoms with Crippen molar-refractivity contribution in [2.24, 2.45) is 4.99 Å². The molecule has 6 heteroatoms. The summed E-state index contributed by atoms with van der Waals surface area (Å²) in [7, 11) is 0. The molecule has 1 unspecified atom stereocenters. The maximum absolute atomic E-state index is 4.87. The van der Waals surface area contributed by atoms with E-state index in [1.807, 2.05) is 12.3 Å². The van der Waals surface area contributed by atoms with Crippen LogP contribution in [0.2, 0.25) is 0 Å². The van der Waals surface area contributed by atoms with E-state index < -0.39 is 0 Å². The molecule has 4 heterocycles. The van der Waals surface area contributed by atoms with Crippen LogP contribution < -0.4 is 5.43 Å². The number of nitrogens with one attached hydrogen (secondary N) is 1. The van der Waals surface area contributed by atoms with E-state index in [2.05, 4.69) is 64.3 Å². The minimum Gasteiger partial charge on any atom is -0.334 e. The molecule has 0 saturated heterocycles. The van der Waals surface area contributed by atoms with E-state index >= 15 is 0 Å². The van der Waals surface area contributed by atoms with Crippen molar-refractivity contribution in [1.29, 1.82) is 0 Å². The number of hydrogen-bond acceptors (Lipinski definition) is 5. The highest BCUT2D eigenvalue weighted by Crippen LogP contribution is 2.21. The van der Waals surface area contributed by atoms with Crippen molar-refractivity contribution in [3.05, 3.63) is 60.5 Å². The van der Waals surface area contributed by atoms with Crippen LogP contribution >= 0.6 is 0 Å². The van der Waals surface area contributed by atoms with Crippen molar-refractivity contribution in [3.8, 4) is 11.3 Å². The summed E-state index contributed by atoms with van der Waals surface area (Å²) in [6.45, 7) is 5.26. The molecule has 26 heavy (non-hydrogen) atoms. The zero-order valence-electron chi connectivity index (χ0n) is 15.3. The molecule has 0 amide bonds. The lowest BCUT2D eigenvalue weighted by Crippen LogP contribution is -2.39. The van der Waals surface area contributed by atoms with Crippen LogP contribution in [0.5, 0.6) is 0 Å². The van der Waals surface area contributed by atoms with Crippen molar-refractivity contribution >= 4 is 5.84 Å². The largest absolute Gasteiger partial charge is 0.334 e. The van der Waals surface area contributed by atoms with Crippen molar-refractivity contribution in [2.75, 3.05) is 0 Å². The molecule has 1 N–H and O–H groups in total. The third-order valence-electron chi connectivity index (χ3n) is 4.67. The molecule has 2 aromatic heterocycles.